The average Bonchev–Trinajstić information content (AvgIpc) is 2.50. The quantitative estimate of drug-likeness (QED) is 0.621. The summed E-state index contributed by atoms with van der Waals surface area (Å²) in [5.74, 6) is -0.930. The van der Waals surface area contributed by atoms with Crippen molar-refractivity contribution >= 4 is 33.7 Å². The van der Waals surface area contributed by atoms with Crippen LogP contribution in [0.3, 0.4) is 0 Å². The molecule has 122 valence electrons. The summed E-state index contributed by atoms with van der Waals surface area (Å²) in [6.45, 7) is 3.36. The van der Waals surface area contributed by atoms with Gasteiger partial charge in [-0.15, -0.1) is 0 Å². The molecule has 7 heteroatoms. The van der Waals surface area contributed by atoms with Gasteiger partial charge in [-0.3, -0.25) is 14.2 Å². The maximum Gasteiger partial charge on any atom is 0.316 e. The van der Waals surface area contributed by atoms with Crippen LogP contribution in [-0.2, 0) is 18.3 Å². The molecule has 0 saturated carbocycles. The van der Waals surface area contributed by atoms with Gasteiger partial charge < -0.3 is 5.11 Å². The highest BCUT2D eigenvalue weighted by Gasteiger charge is 2.18. The summed E-state index contributed by atoms with van der Waals surface area (Å²) < 4.78 is 2.41. The molecule has 0 aliphatic carbocycles. The molecule has 5 nitrogen and oxygen atoms in total. The Morgan fingerprint density at radius 2 is 2.00 bits per heavy atom. The van der Waals surface area contributed by atoms with E-state index in [0.717, 1.165) is 21.8 Å². The van der Waals surface area contributed by atoms with Gasteiger partial charge >= 0.3 is 5.97 Å². The number of rotatable bonds is 5. The van der Waals surface area contributed by atoms with Gasteiger partial charge in [-0.25, -0.2) is 4.98 Å². The molecule has 1 N–H and O–H groups in total. The molecule has 1 unspecified atom stereocenters. The number of benzene rings is 1. The van der Waals surface area contributed by atoms with Crippen LogP contribution in [0.2, 0.25) is 0 Å². The van der Waals surface area contributed by atoms with E-state index in [0.29, 0.717) is 22.8 Å². The predicted molar refractivity (Wildman–Crippen MR) is 94.1 cm³/mol. The second-order valence-electron chi connectivity index (χ2n) is 5.22. The second kappa shape index (κ2) is 7.31. The number of halogens is 1. The van der Waals surface area contributed by atoms with Gasteiger partial charge in [0.2, 0.25) is 0 Å². The fourth-order valence-corrected chi connectivity index (χ4v) is 3.17. The number of carboxylic acids is 1. The number of carbonyl (C=O) groups is 1. The largest absolute Gasteiger partial charge is 0.480 e. The summed E-state index contributed by atoms with van der Waals surface area (Å²) in [4.78, 5) is 28.0. The Labute approximate surface area is 146 Å². The van der Waals surface area contributed by atoms with Gasteiger partial charge in [0.05, 0.1) is 0 Å². The summed E-state index contributed by atoms with van der Waals surface area (Å²) in [7, 11) is 1.62. The lowest BCUT2D eigenvalue weighted by molar-refractivity contribution is -0.136. The SMILES string of the molecule is Cc1nc(SC(C)C(=O)O)n(C)c(=O)c1Cc1ccc(Br)cc1. The third-order valence-corrected chi connectivity index (χ3v) is 5.13. The predicted octanol–water partition coefficient (Wildman–Crippen LogP) is 3.01. The molecule has 0 aliphatic heterocycles. The standard InChI is InChI=1S/C16H17BrN2O3S/c1-9-13(8-11-4-6-12(17)7-5-11)14(20)19(3)16(18-9)23-10(2)15(21)22/h4-7,10H,8H2,1-3H3,(H,21,22). The van der Waals surface area contributed by atoms with Gasteiger partial charge in [-0.2, -0.15) is 0 Å². The number of aliphatic carboxylic acids is 1. The van der Waals surface area contributed by atoms with E-state index in [-0.39, 0.29) is 5.56 Å². The van der Waals surface area contributed by atoms with E-state index in [1.54, 1.807) is 20.9 Å². The van der Waals surface area contributed by atoms with Crippen molar-refractivity contribution in [2.75, 3.05) is 0 Å². The molecule has 1 aromatic heterocycles. The molecular formula is C16H17BrN2O3S. The Bertz CT molecular complexity index is 787. The molecule has 0 saturated heterocycles. The molecule has 0 radical (unpaired) electrons. The van der Waals surface area contributed by atoms with Crippen molar-refractivity contribution in [3.8, 4) is 0 Å². The topological polar surface area (TPSA) is 72.2 Å². The van der Waals surface area contributed by atoms with Crippen molar-refractivity contribution in [3.05, 3.63) is 55.9 Å². The highest BCUT2D eigenvalue weighted by Crippen LogP contribution is 2.21. The molecule has 1 heterocycles. The number of hydrogen-bond donors (Lipinski definition) is 1. The summed E-state index contributed by atoms with van der Waals surface area (Å²) in [5.41, 5.74) is 2.15. The first-order valence-electron chi connectivity index (χ1n) is 7.00. The van der Waals surface area contributed by atoms with Gasteiger partial charge in [0.1, 0.15) is 5.25 Å². The van der Waals surface area contributed by atoms with Crippen molar-refractivity contribution in [2.45, 2.75) is 30.7 Å². The van der Waals surface area contributed by atoms with Gasteiger partial charge in [0.15, 0.2) is 5.16 Å². The minimum atomic E-state index is -0.930. The Morgan fingerprint density at radius 3 is 2.57 bits per heavy atom. The van der Waals surface area contributed by atoms with Crippen LogP contribution < -0.4 is 5.56 Å². The molecule has 1 atom stereocenters. The molecule has 0 aliphatic rings. The van der Waals surface area contributed by atoms with E-state index in [1.807, 2.05) is 24.3 Å². The minimum absolute atomic E-state index is 0.138. The fraction of sp³-hybridized carbons (Fsp3) is 0.312. The van der Waals surface area contributed by atoms with Crippen LogP contribution in [0.1, 0.15) is 23.7 Å². The summed E-state index contributed by atoms with van der Waals surface area (Å²) >= 11 is 4.46. The third-order valence-electron chi connectivity index (χ3n) is 3.47. The van der Waals surface area contributed by atoms with E-state index in [4.69, 9.17) is 5.11 Å². The highest BCUT2D eigenvalue weighted by atomic mass is 79.9. The Balaban J connectivity index is 2.36. The molecule has 2 aromatic rings. The van der Waals surface area contributed by atoms with Crippen molar-refractivity contribution in [2.24, 2.45) is 7.05 Å². The molecule has 2 rings (SSSR count). The maximum absolute atomic E-state index is 12.6. The smallest absolute Gasteiger partial charge is 0.316 e. The lowest BCUT2D eigenvalue weighted by atomic mass is 10.1. The van der Waals surface area contributed by atoms with E-state index in [1.165, 1.54) is 4.57 Å². The van der Waals surface area contributed by atoms with Crippen LogP contribution in [0.15, 0.2) is 38.7 Å². The minimum Gasteiger partial charge on any atom is -0.480 e. The highest BCUT2D eigenvalue weighted by molar-refractivity contribution is 9.10. The summed E-state index contributed by atoms with van der Waals surface area (Å²) in [6, 6.07) is 7.78. The first-order valence-corrected chi connectivity index (χ1v) is 8.67. The molecule has 0 amide bonds. The maximum atomic E-state index is 12.6. The number of thioether (sulfide) groups is 1. The van der Waals surface area contributed by atoms with Gasteiger partial charge in [-0.05, 0) is 31.5 Å². The van der Waals surface area contributed by atoms with Crippen molar-refractivity contribution in [3.63, 3.8) is 0 Å². The summed E-state index contributed by atoms with van der Waals surface area (Å²) in [6.07, 6.45) is 0.498. The van der Waals surface area contributed by atoms with Crippen molar-refractivity contribution < 1.29 is 9.90 Å². The molecule has 0 fully saturated rings. The zero-order valence-electron chi connectivity index (χ0n) is 13.0. The van der Waals surface area contributed by atoms with Gasteiger partial charge in [0, 0.05) is 29.2 Å². The van der Waals surface area contributed by atoms with Crippen LogP contribution in [0.4, 0.5) is 0 Å². The van der Waals surface area contributed by atoms with Crippen LogP contribution in [-0.4, -0.2) is 25.9 Å². The molecular weight excluding hydrogens is 380 g/mol. The lowest BCUT2D eigenvalue weighted by Gasteiger charge is -2.13. The number of aromatic nitrogens is 2. The van der Waals surface area contributed by atoms with Gasteiger partial charge in [0.25, 0.3) is 5.56 Å². The van der Waals surface area contributed by atoms with Crippen molar-refractivity contribution in [1.29, 1.82) is 0 Å². The normalized spacial score (nSPS) is 12.2. The van der Waals surface area contributed by atoms with Crippen LogP contribution in [0, 0.1) is 6.92 Å². The first kappa shape index (κ1) is 17.7. The van der Waals surface area contributed by atoms with E-state index >= 15 is 0 Å². The van der Waals surface area contributed by atoms with E-state index in [2.05, 4.69) is 20.9 Å². The lowest BCUT2D eigenvalue weighted by Crippen LogP contribution is -2.27. The Morgan fingerprint density at radius 1 is 1.39 bits per heavy atom. The van der Waals surface area contributed by atoms with Gasteiger partial charge in [-0.1, -0.05) is 39.8 Å². The Hall–Kier alpha value is -1.60. The van der Waals surface area contributed by atoms with Crippen LogP contribution in [0.5, 0.6) is 0 Å². The van der Waals surface area contributed by atoms with Crippen LogP contribution >= 0.6 is 27.7 Å². The number of hydrogen-bond acceptors (Lipinski definition) is 4. The van der Waals surface area contributed by atoms with E-state index < -0.39 is 11.2 Å². The zero-order chi connectivity index (χ0) is 17.1. The van der Waals surface area contributed by atoms with Crippen molar-refractivity contribution in [1.82, 2.24) is 9.55 Å². The first-order chi connectivity index (χ1) is 10.8. The third kappa shape index (κ3) is 4.23. The molecule has 0 spiro atoms. The Kier molecular flexibility index (Phi) is 5.64. The summed E-state index contributed by atoms with van der Waals surface area (Å²) in [5, 5.41) is 8.76. The molecule has 0 bridgehead atoms. The molecule has 1 aromatic carbocycles. The zero-order valence-corrected chi connectivity index (χ0v) is 15.4. The average molecular weight is 397 g/mol. The number of aryl methyl sites for hydroxylation is 1. The fourth-order valence-electron chi connectivity index (χ4n) is 2.05. The number of nitrogens with zero attached hydrogens (tertiary/aromatic N) is 2. The monoisotopic (exact) mass is 396 g/mol. The van der Waals surface area contributed by atoms with Crippen LogP contribution in [0.25, 0.3) is 0 Å². The molecule has 23 heavy (non-hydrogen) atoms. The second-order valence-corrected chi connectivity index (χ2v) is 7.45. The number of carboxylic acid groups (broad SMARTS) is 1. The van der Waals surface area contributed by atoms with E-state index in [9.17, 15) is 9.59 Å².